The number of hydrogen-bond donors (Lipinski definition) is 4. The maximum atomic E-state index is 11.1. The quantitative estimate of drug-likeness (QED) is 0.629. The monoisotopic (exact) mass is 261 g/mol. The maximum Gasteiger partial charge on any atom is 0.321 e. The number of nitrogens with two attached hydrogens (primary N) is 1. The van der Waals surface area contributed by atoms with Crippen molar-refractivity contribution in [3.05, 3.63) is 29.3 Å². The molecule has 0 aliphatic heterocycles. The molecular weight excluding hydrogens is 250 g/mol. The highest BCUT2D eigenvalue weighted by Crippen LogP contribution is 2.21. The molecule has 5 N–H and O–H groups in total. The highest BCUT2D eigenvalue weighted by Gasteiger charge is 2.08. The van der Waals surface area contributed by atoms with E-state index in [-0.39, 0.29) is 5.95 Å². The van der Waals surface area contributed by atoms with Crippen LogP contribution in [0.1, 0.15) is 15.9 Å². The third kappa shape index (κ3) is 2.86. The maximum absolute atomic E-state index is 11.1. The molecule has 0 spiro atoms. The molecule has 1 aromatic carbocycles. The van der Waals surface area contributed by atoms with Crippen LogP contribution in [0.3, 0.4) is 0 Å². The van der Waals surface area contributed by atoms with Crippen LogP contribution in [0.2, 0.25) is 0 Å². The summed E-state index contributed by atoms with van der Waals surface area (Å²) in [6.07, 6.45) is 0. The molecule has 8 heteroatoms. The Morgan fingerprint density at radius 1 is 1.21 bits per heavy atom. The van der Waals surface area contributed by atoms with Gasteiger partial charge in [0, 0.05) is 11.3 Å². The van der Waals surface area contributed by atoms with Gasteiger partial charge in [-0.25, -0.2) is 0 Å². The molecule has 0 atom stereocenters. The van der Waals surface area contributed by atoms with Crippen LogP contribution in [0.5, 0.6) is 12.0 Å². The van der Waals surface area contributed by atoms with Crippen molar-refractivity contribution in [2.24, 2.45) is 5.73 Å². The second kappa shape index (κ2) is 4.77. The summed E-state index contributed by atoms with van der Waals surface area (Å²) in [4.78, 5) is 21.5. The van der Waals surface area contributed by atoms with Gasteiger partial charge in [-0.05, 0) is 24.6 Å². The van der Waals surface area contributed by atoms with Gasteiger partial charge in [0.1, 0.15) is 0 Å². The van der Waals surface area contributed by atoms with Crippen molar-refractivity contribution in [1.29, 1.82) is 0 Å². The van der Waals surface area contributed by atoms with E-state index in [1.807, 2.05) is 0 Å². The molecule has 1 aromatic heterocycles. The molecule has 0 aliphatic carbocycles. The normalized spacial score (nSPS) is 10.2. The molecule has 1 heterocycles. The Morgan fingerprint density at radius 3 is 2.42 bits per heavy atom. The number of rotatable bonds is 3. The summed E-state index contributed by atoms with van der Waals surface area (Å²) in [7, 11) is 0. The fourth-order valence-corrected chi connectivity index (χ4v) is 1.44. The van der Waals surface area contributed by atoms with Gasteiger partial charge in [-0.3, -0.25) is 4.79 Å². The van der Waals surface area contributed by atoms with Crippen molar-refractivity contribution < 1.29 is 15.0 Å². The summed E-state index contributed by atoms with van der Waals surface area (Å²) >= 11 is 0. The van der Waals surface area contributed by atoms with Crippen molar-refractivity contribution in [3.8, 4) is 12.0 Å². The number of aromatic nitrogens is 3. The largest absolute Gasteiger partial charge is 0.479 e. The number of carbonyl (C=O) groups excluding carboxylic acids is 1. The lowest BCUT2D eigenvalue weighted by atomic mass is 10.1. The van der Waals surface area contributed by atoms with Crippen LogP contribution in [-0.4, -0.2) is 31.1 Å². The van der Waals surface area contributed by atoms with E-state index in [0.717, 1.165) is 5.56 Å². The standard InChI is InChI=1S/C11H11N5O3/c1-5-2-3-6(8(12)17)4-7(5)13-9-14-10(18)16-11(19)15-9/h2-4H,1H3,(H2,12,17)(H3,13,14,15,16,18,19). The minimum atomic E-state index is -0.612. The lowest BCUT2D eigenvalue weighted by Crippen LogP contribution is -2.11. The molecule has 98 valence electrons. The molecule has 0 aliphatic rings. The molecule has 0 saturated carbocycles. The lowest BCUT2D eigenvalue weighted by Gasteiger charge is -2.09. The molecule has 19 heavy (non-hydrogen) atoms. The van der Waals surface area contributed by atoms with Gasteiger partial charge in [-0.15, -0.1) is 4.98 Å². The first-order valence-electron chi connectivity index (χ1n) is 5.27. The van der Waals surface area contributed by atoms with Gasteiger partial charge in [-0.2, -0.15) is 9.97 Å². The Hall–Kier alpha value is -2.90. The summed E-state index contributed by atoms with van der Waals surface area (Å²) < 4.78 is 0. The molecule has 0 radical (unpaired) electrons. The van der Waals surface area contributed by atoms with Gasteiger partial charge in [0.25, 0.3) is 0 Å². The first kappa shape index (κ1) is 12.6. The molecule has 8 nitrogen and oxygen atoms in total. The van der Waals surface area contributed by atoms with Crippen LogP contribution in [0, 0.1) is 6.92 Å². The van der Waals surface area contributed by atoms with Gasteiger partial charge in [-0.1, -0.05) is 6.07 Å². The van der Waals surface area contributed by atoms with Crippen LogP contribution in [0.25, 0.3) is 0 Å². The molecule has 2 aromatic rings. The topological polar surface area (TPSA) is 134 Å². The summed E-state index contributed by atoms with van der Waals surface area (Å²) in [6, 6.07) is 3.58. The Labute approximate surface area is 108 Å². The van der Waals surface area contributed by atoms with Gasteiger partial charge < -0.3 is 21.3 Å². The first-order valence-corrected chi connectivity index (χ1v) is 5.27. The molecule has 2 rings (SSSR count). The number of amides is 1. The van der Waals surface area contributed by atoms with Gasteiger partial charge in [0.05, 0.1) is 0 Å². The van der Waals surface area contributed by atoms with Crippen molar-refractivity contribution in [2.45, 2.75) is 6.92 Å². The number of benzene rings is 1. The summed E-state index contributed by atoms with van der Waals surface area (Å²) in [5.41, 5.74) is 6.84. The first-order chi connectivity index (χ1) is 8.95. The van der Waals surface area contributed by atoms with E-state index >= 15 is 0 Å². The van der Waals surface area contributed by atoms with E-state index in [2.05, 4.69) is 20.3 Å². The van der Waals surface area contributed by atoms with Crippen LogP contribution in [0.15, 0.2) is 18.2 Å². The number of hydrogen-bond acceptors (Lipinski definition) is 7. The van der Waals surface area contributed by atoms with Crippen molar-refractivity contribution in [2.75, 3.05) is 5.32 Å². The zero-order chi connectivity index (χ0) is 14.0. The highest BCUT2D eigenvalue weighted by molar-refractivity contribution is 5.94. The lowest BCUT2D eigenvalue weighted by molar-refractivity contribution is 0.100. The molecule has 0 bridgehead atoms. The Kier molecular flexibility index (Phi) is 3.15. The number of anilines is 2. The number of nitrogens with zero attached hydrogens (tertiary/aromatic N) is 3. The van der Waals surface area contributed by atoms with E-state index in [1.165, 1.54) is 6.07 Å². The predicted octanol–water partition coefficient (Wildman–Crippen LogP) is 0.434. The molecule has 0 saturated heterocycles. The van der Waals surface area contributed by atoms with E-state index in [4.69, 9.17) is 15.9 Å². The fourth-order valence-electron chi connectivity index (χ4n) is 1.44. The SMILES string of the molecule is Cc1ccc(C(N)=O)cc1Nc1nc(O)nc(O)n1. The molecule has 0 unspecified atom stereocenters. The number of carbonyl (C=O) groups is 1. The zero-order valence-corrected chi connectivity index (χ0v) is 9.95. The summed E-state index contributed by atoms with van der Waals surface area (Å²) in [5.74, 6) is -0.612. The van der Waals surface area contributed by atoms with Crippen LogP contribution < -0.4 is 11.1 Å². The Morgan fingerprint density at radius 2 is 1.84 bits per heavy atom. The second-order valence-corrected chi connectivity index (χ2v) is 3.78. The summed E-state index contributed by atoms with van der Waals surface area (Å²) in [6.45, 7) is 1.80. The van der Waals surface area contributed by atoms with Crippen LogP contribution >= 0.6 is 0 Å². The Balaban J connectivity index is 2.37. The van der Waals surface area contributed by atoms with E-state index in [9.17, 15) is 4.79 Å². The number of nitrogens with one attached hydrogen (secondary N) is 1. The van der Waals surface area contributed by atoms with Crippen molar-refractivity contribution in [3.63, 3.8) is 0 Å². The fraction of sp³-hybridized carbons (Fsp3) is 0.0909. The van der Waals surface area contributed by atoms with E-state index in [1.54, 1.807) is 19.1 Å². The molecule has 1 amide bonds. The average molecular weight is 261 g/mol. The number of aromatic hydroxyl groups is 2. The second-order valence-electron chi connectivity index (χ2n) is 3.78. The number of primary amides is 1. The predicted molar refractivity (Wildman–Crippen MR) is 66.1 cm³/mol. The smallest absolute Gasteiger partial charge is 0.321 e. The third-order valence-electron chi connectivity index (χ3n) is 2.38. The number of aryl methyl sites for hydroxylation is 1. The average Bonchev–Trinajstić information content (AvgIpc) is 2.30. The van der Waals surface area contributed by atoms with Gasteiger partial charge in [0.15, 0.2) is 0 Å². The Bertz CT molecular complexity index is 624. The van der Waals surface area contributed by atoms with Crippen molar-refractivity contribution in [1.82, 2.24) is 15.0 Å². The van der Waals surface area contributed by atoms with Gasteiger partial charge >= 0.3 is 12.0 Å². The van der Waals surface area contributed by atoms with E-state index < -0.39 is 17.9 Å². The van der Waals surface area contributed by atoms with Crippen LogP contribution in [-0.2, 0) is 0 Å². The highest BCUT2D eigenvalue weighted by atomic mass is 16.3. The zero-order valence-electron chi connectivity index (χ0n) is 9.95. The minimum absolute atomic E-state index is 0.0466. The van der Waals surface area contributed by atoms with Crippen molar-refractivity contribution >= 4 is 17.5 Å². The third-order valence-corrected chi connectivity index (χ3v) is 2.38. The molecule has 0 fully saturated rings. The van der Waals surface area contributed by atoms with E-state index in [0.29, 0.717) is 11.3 Å². The van der Waals surface area contributed by atoms with Gasteiger partial charge in [0.2, 0.25) is 11.9 Å². The summed E-state index contributed by atoms with van der Waals surface area (Å²) in [5, 5.41) is 21.1. The van der Waals surface area contributed by atoms with Crippen LogP contribution in [0.4, 0.5) is 11.6 Å². The minimum Gasteiger partial charge on any atom is -0.479 e. The molecular formula is C11H11N5O3.